The molecule has 0 spiro atoms. The van der Waals surface area contributed by atoms with Gasteiger partial charge in [-0.05, 0) is 30.5 Å². The van der Waals surface area contributed by atoms with Gasteiger partial charge in [-0.1, -0.05) is 29.3 Å². The Hall–Kier alpha value is -1.46. The molecule has 1 aromatic rings. The van der Waals surface area contributed by atoms with Gasteiger partial charge in [0.2, 0.25) is 0 Å². The Balaban J connectivity index is 1.78. The van der Waals surface area contributed by atoms with E-state index in [0.29, 0.717) is 36.0 Å². The van der Waals surface area contributed by atoms with E-state index < -0.39 is 11.9 Å². The lowest BCUT2D eigenvalue weighted by molar-refractivity contribution is -0.141. The zero-order chi connectivity index (χ0) is 15.4. The quantitative estimate of drug-likeness (QED) is 0.891. The van der Waals surface area contributed by atoms with Crippen LogP contribution in [-0.4, -0.2) is 41.6 Å². The van der Waals surface area contributed by atoms with Crippen LogP contribution in [0.15, 0.2) is 18.2 Å². The Labute approximate surface area is 132 Å². The number of carboxylic acids is 1. The summed E-state index contributed by atoms with van der Waals surface area (Å²) in [5, 5.41) is 12.8. The summed E-state index contributed by atoms with van der Waals surface area (Å²) >= 11 is 11.9. The number of halogens is 2. The number of nitrogens with one attached hydrogen (secondary N) is 1. The van der Waals surface area contributed by atoms with Gasteiger partial charge in [-0.3, -0.25) is 4.79 Å². The summed E-state index contributed by atoms with van der Waals surface area (Å²) in [7, 11) is 0. The van der Waals surface area contributed by atoms with E-state index in [1.165, 1.54) is 4.90 Å². The summed E-state index contributed by atoms with van der Waals surface area (Å²) in [6.45, 7) is 1.18. The minimum absolute atomic E-state index is 0.233. The first-order chi connectivity index (χ1) is 9.97. The molecule has 5 nitrogen and oxygen atoms in total. The Morgan fingerprint density at radius 2 is 2.14 bits per heavy atom. The summed E-state index contributed by atoms with van der Waals surface area (Å²) in [5.74, 6) is -1.31. The molecule has 0 aliphatic carbocycles. The van der Waals surface area contributed by atoms with Gasteiger partial charge in [0.1, 0.15) is 0 Å². The number of benzene rings is 1. The zero-order valence-corrected chi connectivity index (χ0v) is 12.8. The zero-order valence-electron chi connectivity index (χ0n) is 11.3. The number of aliphatic carboxylic acids is 1. The van der Waals surface area contributed by atoms with Crippen LogP contribution < -0.4 is 5.32 Å². The Kier molecular flexibility index (Phi) is 5.31. The molecule has 1 aliphatic rings. The minimum Gasteiger partial charge on any atom is -0.481 e. The maximum Gasteiger partial charge on any atom is 0.317 e. The molecule has 0 aromatic heterocycles. The second kappa shape index (κ2) is 7.00. The number of hydrogen-bond acceptors (Lipinski definition) is 2. The molecule has 1 fully saturated rings. The Morgan fingerprint density at radius 3 is 2.76 bits per heavy atom. The summed E-state index contributed by atoms with van der Waals surface area (Å²) in [5.41, 5.74) is 0.909. The highest BCUT2D eigenvalue weighted by molar-refractivity contribution is 6.35. The SMILES string of the molecule is O=C(O)C1CCN(C(=O)NCCc2ccc(Cl)cc2Cl)C1. The lowest BCUT2D eigenvalue weighted by Crippen LogP contribution is -2.39. The minimum atomic E-state index is -0.849. The summed E-state index contributed by atoms with van der Waals surface area (Å²) < 4.78 is 0. The molecule has 114 valence electrons. The van der Waals surface area contributed by atoms with Crippen molar-refractivity contribution in [3.63, 3.8) is 0 Å². The number of likely N-dealkylation sites (tertiary alicyclic amines) is 1. The van der Waals surface area contributed by atoms with E-state index in [9.17, 15) is 9.59 Å². The predicted octanol–water partition coefficient (Wildman–Crippen LogP) is 2.65. The van der Waals surface area contributed by atoms with Gasteiger partial charge in [0, 0.05) is 29.7 Å². The Morgan fingerprint density at radius 1 is 1.38 bits per heavy atom. The van der Waals surface area contributed by atoms with E-state index in [-0.39, 0.29) is 12.6 Å². The lowest BCUT2D eigenvalue weighted by Gasteiger charge is -2.16. The number of carboxylic acid groups (broad SMARTS) is 1. The highest BCUT2D eigenvalue weighted by atomic mass is 35.5. The lowest BCUT2D eigenvalue weighted by atomic mass is 10.1. The highest BCUT2D eigenvalue weighted by Crippen LogP contribution is 2.21. The second-order valence-corrected chi connectivity index (χ2v) is 5.83. The van der Waals surface area contributed by atoms with Crippen molar-refractivity contribution in [1.29, 1.82) is 0 Å². The first-order valence-electron chi connectivity index (χ1n) is 6.67. The first kappa shape index (κ1) is 15.9. The predicted molar refractivity (Wildman–Crippen MR) is 80.9 cm³/mol. The van der Waals surface area contributed by atoms with Gasteiger partial charge in [0.25, 0.3) is 0 Å². The van der Waals surface area contributed by atoms with Crippen LogP contribution >= 0.6 is 23.2 Å². The average molecular weight is 331 g/mol. The largest absolute Gasteiger partial charge is 0.481 e. The number of nitrogens with zero attached hydrogens (tertiary/aromatic N) is 1. The summed E-state index contributed by atoms with van der Waals surface area (Å²) in [4.78, 5) is 24.3. The van der Waals surface area contributed by atoms with Crippen molar-refractivity contribution in [3.05, 3.63) is 33.8 Å². The average Bonchev–Trinajstić information content (AvgIpc) is 2.91. The smallest absolute Gasteiger partial charge is 0.317 e. The topological polar surface area (TPSA) is 69.6 Å². The number of carbonyl (C=O) groups excluding carboxylic acids is 1. The van der Waals surface area contributed by atoms with Gasteiger partial charge in [0.15, 0.2) is 0 Å². The summed E-state index contributed by atoms with van der Waals surface area (Å²) in [6, 6.07) is 5.01. The van der Waals surface area contributed by atoms with Crippen molar-refractivity contribution in [1.82, 2.24) is 10.2 Å². The van der Waals surface area contributed by atoms with Gasteiger partial charge in [-0.25, -0.2) is 4.79 Å². The van der Waals surface area contributed by atoms with Crippen LogP contribution in [0.2, 0.25) is 10.0 Å². The van der Waals surface area contributed by atoms with Crippen LogP contribution in [0.1, 0.15) is 12.0 Å². The number of hydrogen-bond donors (Lipinski definition) is 2. The molecular weight excluding hydrogens is 315 g/mol. The van der Waals surface area contributed by atoms with Crippen LogP contribution in [0.5, 0.6) is 0 Å². The number of carbonyl (C=O) groups is 2. The van der Waals surface area contributed by atoms with E-state index in [1.807, 2.05) is 6.07 Å². The molecule has 1 atom stereocenters. The molecule has 2 N–H and O–H groups in total. The van der Waals surface area contributed by atoms with Gasteiger partial charge in [0.05, 0.1) is 5.92 Å². The van der Waals surface area contributed by atoms with Crippen molar-refractivity contribution in [2.75, 3.05) is 19.6 Å². The van der Waals surface area contributed by atoms with E-state index in [1.54, 1.807) is 12.1 Å². The third-order valence-electron chi connectivity index (χ3n) is 3.51. The standard InChI is InChI=1S/C14H16Cl2N2O3/c15-11-2-1-9(12(16)7-11)3-5-17-14(21)18-6-4-10(8-18)13(19)20/h1-2,7,10H,3-6,8H2,(H,17,21)(H,19,20). The number of urea groups is 1. The molecule has 0 saturated carbocycles. The molecule has 1 unspecified atom stereocenters. The molecule has 21 heavy (non-hydrogen) atoms. The highest BCUT2D eigenvalue weighted by Gasteiger charge is 2.30. The molecule has 1 aromatic carbocycles. The van der Waals surface area contributed by atoms with Crippen molar-refractivity contribution in [2.24, 2.45) is 5.92 Å². The molecule has 7 heteroatoms. The fourth-order valence-corrected chi connectivity index (χ4v) is 2.79. The van der Waals surface area contributed by atoms with E-state index in [0.717, 1.165) is 5.56 Å². The molecule has 2 amide bonds. The molecule has 1 aliphatic heterocycles. The third kappa shape index (κ3) is 4.25. The Bertz CT molecular complexity index is 551. The van der Waals surface area contributed by atoms with Crippen LogP contribution in [0.4, 0.5) is 4.79 Å². The molecule has 0 bridgehead atoms. The third-order valence-corrected chi connectivity index (χ3v) is 4.10. The molecule has 1 saturated heterocycles. The van der Waals surface area contributed by atoms with E-state index in [2.05, 4.69) is 5.32 Å². The van der Waals surface area contributed by atoms with Crippen LogP contribution in [-0.2, 0) is 11.2 Å². The van der Waals surface area contributed by atoms with E-state index >= 15 is 0 Å². The summed E-state index contributed by atoms with van der Waals surface area (Å²) in [6.07, 6.45) is 1.10. The molecule has 0 radical (unpaired) electrons. The fraction of sp³-hybridized carbons (Fsp3) is 0.429. The van der Waals surface area contributed by atoms with Crippen LogP contribution in [0.25, 0.3) is 0 Å². The van der Waals surface area contributed by atoms with Crippen molar-refractivity contribution in [3.8, 4) is 0 Å². The van der Waals surface area contributed by atoms with Crippen LogP contribution in [0.3, 0.4) is 0 Å². The maximum absolute atomic E-state index is 11.9. The second-order valence-electron chi connectivity index (χ2n) is 4.99. The van der Waals surface area contributed by atoms with Crippen molar-refractivity contribution < 1.29 is 14.7 Å². The van der Waals surface area contributed by atoms with Gasteiger partial charge >= 0.3 is 12.0 Å². The normalized spacial score (nSPS) is 17.8. The fourth-order valence-electron chi connectivity index (χ4n) is 2.29. The monoisotopic (exact) mass is 330 g/mol. The van der Waals surface area contributed by atoms with Gasteiger partial charge in [-0.2, -0.15) is 0 Å². The van der Waals surface area contributed by atoms with E-state index in [4.69, 9.17) is 28.3 Å². The van der Waals surface area contributed by atoms with Crippen molar-refractivity contribution in [2.45, 2.75) is 12.8 Å². The maximum atomic E-state index is 11.9. The molecule has 1 heterocycles. The first-order valence-corrected chi connectivity index (χ1v) is 7.42. The van der Waals surface area contributed by atoms with Crippen LogP contribution in [0, 0.1) is 5.92 Å². The number of rotatable bonds is 4. The molecular formula is C14H16Cl2N2O3. The number of amides is 2. The van der Waals surface area contributed by atoms with Gasteiger partial charge in [-0.15, -0.1) is 0 Å². The van der Waals surface area contributed by atoms with Crippen molar-refractivity contribution >= 4 is 35.2 Å². The molecule has 2 rings (SSSR count). The van der Waals surface area contributed by atoms with Gasteiger partial charge < -0.3 is 15.3 Å².